The number of benzene rings is 1. The van der Waals surface area contributed by atoms with Gasteiger partial charge < -0.3 is 0 Å². The molecule has 84 valence electrons. The minimum atomic E-state index is -3.62. The average molecular weight is 265 g/mol. The Morgan fingerprint density at radius 3 is 2.47 bits per heavy atom. The zero-order valence-electron chi connectivity index (χ0n) is 8.60. The molecular formula is C10H13ClO2S2. The molecule has 1 aromatic rings. The molecule has 0 aliphatic carbocycles. The minimum absolute atomic E-state index is 0.222. The van der Waals surface area contributed by atoms with E-state index in [1.54, 1.807) is 30.0 Å². The molecule has 0 heterocycles. The van der Waals surface area contributed by atoms with Crippen LogP contribution in [0.1, 0.15) is 19.4 Å². The summed E-state index contributed by atoms with van der Waals surface area (Å²) in [4.78, 5) is 0.222. The molecule has 0 radical (unpaired) electrons. The van der Waals surface area contributed by atoms with E-state index in [0.717, 1.165) is 5.56 Å². The fraction of sp³-hybridized carbons (Fsp3) is 0.400. The van der Waals surface area contributed by atoms with Crippen molar-refractivity contribution in [3.05, 3.63) is 29.8 Å². The van der Waals surface area contributed by atoms with Crippen molar-refractivity contribution < 1.29 is 8.42 Å². The summed E-state index contributed by atoms with van der Waals surface area (Å²) in [5.41, 5.74) is 0.770. The molecule has 0 N–H and O–H groups in total. The fourth-order valence-electron chi connectivity index (χ4n) is 1.12. The van der Waals surface area contributed by atoms with E-state index in [0.29, 0.717) is 11.0 Å². The molecule has 0 aliphatic rings. The summed E-state index contributed by atoms with van der Waals surface area (Å²) in [6.45, 7) is 4.14. The van der Waals surface area contributed by atoms with Gasteiger partial charge >= 0.3 is 0 Å². The Morgan fingerprint density at radius 2 is 1.93 bits per heavy atom. The molecule has 0 amide bonds. The van der Waals surface area contributed by atoms with Gasteiger partial charge in [-0.2, -0.15) is 11.8 Å². The lowest BCUT2D eigenvalue weighted by Gasteiger charge is -2.08. The minimum Gasteiger partial charge on any atom is -0.207 e. The van der Waals surface area contributed by atoms with Gasteiger partial charge in [-0.25, -0.2) is 8.42 Å². The highest BCUT2D eigenvalue weighted by Gasteiger charge is 2.14. The lowest BCUT2D eigenvalue weighted by molar-refractivity contribution is 0.609. The second-order valence-corrected chi connectivity index (χ2v) is 7.50. The van der Waals surface area contributed by atoms with E-state index in [2.05, 4.69) is 13.8 Å². The summed E-state index contributed by atoms with van der Waals surface area (Å²) in [5, 5.41) is 0.469. The van der Waals surface area contributed by atoms with E-state index in [4.69, 9.17) is 10.7 Å². The van der Waals surface area contributed by atoms with Gasteiger partial charge in [0.2, 0.25) is 0 Å². The van der Waals surface area contributed by atoms with Gasteiger partial charge in [0.1, 0.15) is 0 Å². The maximum absolute atomic E-state index is 11.3. The molecule has 0 saturated heterocycles. The topological polar surface area (TPSA) is 34.1 Å². The van der Waals surface area contributed by atoms with Gasteiger partial charge in [0, 0.05) is 16.4 Å². The van der Waals surface area contributed by atoms with Crippen molar-refractivity contribution >= 4 is 31.5 Å². The second-order valence-electron chi connectivity index (χ2n) is 3.41. The van der Waals surface area contributed by atoms with Crippen LogP contribution in [0.25, 0.3) is 0 Å². The fourth-order valence-corrected chi connectivity index (χ4v) is 3.12. The second kappa shape index (κ2) is 5.23. The molecule has 0 spiro atoms. The SMILES string of the molecule is CC(C)SCc1ccccc1S(=O)(=O)Cl. The van der Waals surface area contributed by atoms with E-state index < -0.39 is 9.05 Å². The number of thioether (sulfide) groups is 1. The van der Waals surface area contributed by atoms with Crippen LogP contribution in [0.15, 0.2) is 29.2 Å². The van der Waals surface area contributed by atoms with E-state index in [-0.39, 0.29) is 4.90 Å². The van der Waals surface area contributed by atoms with Gasteiger partial charge in [-0.05, 0) is 16.9 Å². The van der Waals surface area contributed by atoms with Crippen molar-refractivity contribution in [3.8, 4) is 0 Å². The molecule has 2 nitrogen and oxygen atoms in total. The third-order valence-corrected chi connectivity index (χ3v) is 4.37. The quantitative estimate of drug-likeness (QED) is 0.783. The van der Waals surface area contributed by atoms with Crippen LogP contribution < -0.4 is 0 Å². The standard InChI is InChI=1S/C10H13ClO2S2/c1-8(2)14-7-9-5-3-4-6-10(9)15(11,12)13/h3-6,8H,7H2,1-2H3. The summed E-state index contributed by atoms with van der Waals surface area (Å²) in [5.74, 6) is 0.666. The Bertz CT molecular complexity index is 427. The molecule has 1 aromatic carbocycles. The Balaban J connectivity index is 2.98. The lowest BCUT2D eigenvalue weighted by Crippen LogP contribution is -1.98. The summed E-state index contributed by atoms with van der Waals surface area (Å²) in [6, 6.07) is 6.84. The van der Waals surface area contributed by atoms with Gasteiger partial charge in [-0.3, -0.25) is 0 Å². The summed E-state index contributed by atoms with van der Waals surface area (Å²) in [6.07, 6.45) is 0. The smallest absolute Gasteiger partial charge is 0.207 e. The Labute approximate surface area is 99.4 Å². The average Bonchev–Trinajstić information content (AvgIpc) is 2.13. The first-order valence-corrected chi connectivity index (χ1v) is 7.91. The molecule has 0 atom stereocenters. The summed E-state index contributed by atoms with van der Waals surface area (Å²) in [7, 11) is 1.72. The first-order chi connectivity index (χ1) is 6.91. The van der Waals surface area contributed by atoms with E-state index >= 15 is 0 Å². The van der Waals surface area contributed by atoms with Crippen molar-refractivity contribution in [1.82, 2.24) is 0 Å². The largest absolute Gasteiger partial charge is 0.261 e. The van der Waals surface area contributed by atoms with Crippen LogP contribution in [-0.4, -0.2) is 13.7 Å². The number of hydrogen-bond acceptors (Lipinski definition) is 3. The molecular weight excluding hydrogens is 252 g/mol. The van der Waals surface area contributed by atoms with Gasteiger partial charge in [-0.1, -0.05) is 32.0 Å². The van der Waals surface area contributed by atoms with Crippen molar-refractivity contribution in [2.75, 3.05) is 0 Å². The zero-order chi connectivity index (χ0) is 11.5. The highest BCUT2D eigenvalue weighted by atomic mass is 35.7. The van der Waals surface area contributed by atoms with Crippen LogP contribution in [0.3, 0.4) is 0 Å². The molecule has 0 fully saturated rings. The third kappa shape index (κ3) is 4.05. The molecule has 0 bridgehead atoms. The van der Waals surface area contributed by atoms with Crippen molar-refractivity contribution in [2.45, 2.75) is 29.7 Å². The highest BCUT2D eigenvalue weighted by molar-refractivity contribution is 8.13. The molecule has 0 aromatic heterocycles. The lowest BCUT2D eigenvalue weighted by atomic mass is 10.2. The Hall–Kier alpha value is -0.190. The zero-order valence-corrected chi connectivity index (χ0v) is 11.0. The first kappa shape index (κ1) is 12.9. The Kier molecular flexibility index (Phi) is 4.49. The molecule has 0 saturated carbocycles. The first-order valence-electron chi connectivity index (χ1n) is 4.55. The van der Waals surface area contributed by atoms with Crippen LogP contribution in [0.2, 0.25) is 0 Å². The van der Waals surface area contributed by atoms with Gasteiger partial charge in [0.15, 0.2) is 0 Å². The molecule has 1 rings (SSSR count). The highest BCUT2D eigenvalue weighted by Crippen LogP contribution is 2.25. The predicted molar refractivity (Wildman–Crippen MR) is 65.9 cm³/mol. The number of hydrogen-bond donors (Lipinski definition) is 0. The number of rotatable bonds is 4. The maximum Gasteiger partial charge on any atom is 0.261 e. The molecule has 15 heavy (non-hydrogen) atoms. The Morgan fingerprint density at radius 1 is 1.33 bits per heavy atom. The number of halogens is 1. The van der Waals surface area contributed by atoms with E-state index in [1.165, 1.54) is 0 Å². The van der Waals surface area contributed by atoms with Crippen molar-refractivity contribution in [3.63, 3.8) is 0 Å². The predicted octanol–water partition coefficient (Wildman–Crippen LogP) is 3.26. The van der Waals surface area contributed by atoms with Crippen molar-refractivity contribution in [2.24, 2.45) is 0 Å². The van der Waals surface area contributed by atoms with Crippen LogP contribution in [0, 0.1) is 0 Å². The molecule has 0 aliphatic heterocycles. The monoisotopic (exact) mass is 264 g/mol. The van der Waals surface area contributed by atoms with Crippen LogP contribution in [0.5, 0.6) is 0 Å². The van der Waals surface area contributed by atoms with Gasteiger partial charge in [0.25, 0.3) is 9.05 Å². The summed E-state index contributed by atoms with van der Waals surface area (Å²) < 4.78 is 22.5. The van der Waals surface area contributed by atoms with Gasteiger partial charge in [-0.15, -0.1) is 0 Å². The van der Waals surface area contributed by atoms with Gasteiger partial charge in [0.05, 0.1) is 4.90 Å². The van der Waals surface area contributed by atoms with E-state index in [9.17, 15) is 8.42 Å². The third-order valence-electron chi connectivity index (χ3n) is 1.81. The van der Waals surface area contributed by atoms with Crippen molar-refractivity contribution in [1.29, 1.82) is 0 Å². The normalized spacial score (nSPS) is 12.0. The molecule has 5 heteroatoms. The van der Waals surface area contributed by atoms with Crippen LogP contribution >= 0.6 is 22.4 Å². The maximum atomic E-state index is 11.3. The molecule has 0 unspecified atom stereocenters. The van der Waals surface area contributed by atoms with Crippen LogP contribution in [0.4, 0.5) is 0 Å². The summed E-state index contributed by atoms with van der Waals surface area (Å²) >= 11 is 1.69. The van der Waals surface area contributed by atoms with E-state index in [1.807, 2.05) is 6.07 Å². The van der Waals surface area contributed by atoms with Crippen LogP contribution in [-0.2, 0) is 14.8 Å².